The van der Waals surface area contributed by atoms with E-state index in [0.717, 1.165) is 10.6 Å². The van der Waals surface area contributed by atoms with Gasteiger partial charge in [-0.15, -0.1) is 11.3 Å². The number of aliphatic hydroxyl groups is 1. The van der Waals surface area contributed by atoms with E-state index in [1.807, 2.05) is 48.7 Å². The number of amides is 1. The first kappa shape index (κ1) is 19.3. The Balaban J connectivity index is 1.75. The Labute approximate surface area is 152 Å². The first-order chi connectivity index (χ1) is 12.2. The molecule has 0 saturated carbocycles. The van der Waals surface area contributed by atoms with Gasteiger partial charge in [-0.2, -0.15) is 0 Å². The monoisotopic (exact) mass is 363 g/mol. The number of hydrogen-bond donors (Lipinski definition) is 2. The second-order valence-corrected chi connectivity index (χ2v) is 6.46. The summed E-state index contributed by atoms with van der Waals surface area (Å²) in [5.74, 6) is 1.38. The lowest BCUT2D eigenvalue weighted by atomic mass is 10.1. The first-order valence-electron chi connectivity index (χ1n) is 8.52. The van der Waals surface area contributed by atoms with E-state index in [0.29, 0.717) is 38.2 Å². The normalized spacial score (nSPS) is 11.8. The predicted molar refractivity (Wildman–Crippen MR) is 99.2 cm³/mol. The Morgan fingerprint density at radius 3 is 2.60 bits per heavy atom. The van der Waals surface area contributed by atoms with Gasteiger partial charge in [-0.05, 0) is 43.3 Å². The summed E-state index contributed by atoms with van der Waals surface area (Å²) in [4.78, 5) is 13.2. The van der Waals surface area contributed by atoms with Gasteiger partial charge in [0.15, 0.2) is 11.5 Å². The van der Waals surface area contributed by atoms with Gasteiger partial charge >= 0.3 is 0 Å². The van der Waals surface area contributed by atoms with Crippen LogP contribution in [0.2, 0.25) is 0 Å². The first-order valence-corrected chi connectivity index (χ1v) is 9.40. The number of hydrogen-bond acceptors (Lipinski definition) is 5. The van der Waals surface area contributed by atoms with Crippen LogP contribution in [0.15, 0.2) is 41.8 Å². The number of carbonyl (C=O) groups is 1. The van der Waals surface area contributed by atoms with Crippen molar-refractivity contribution in [3.63, 3.8) is 0 Å². The summed E-state index contributed by atoms with van der Waals surface area (Å²) in [5, 5.41) is 14.1. The van der Waals surface area contributed by atoms with Gasteiger partial charge in [-0.3, -0.25) is 4.79 Å². The van der Waals surface area contributed by atoms with Crippen LogP contribution in [0.5, 0.6) is 11.5 Å². The molecule has 1 heterocycles. The number of thiophene rings is 1. The van der Waals surface area contributed by atoms with Gasteiger partial charge in [0, 0.05) is 17.9 Å². The van der Waals surface area contributed by atoms with Crippen LogP contribution < -0.4 is 14.8 Å². The molecule has 2 N–H and O–H groups in total. The van der Waals surface area contributed by atoms with E-state index in [1.54, 1.807) is 11.3 Å². The number of ether oxygens (including phenoxy) is 2. The number of rotatable bonds is 11. The third-order valence-electron chi connectivity index (χ3n) is 3.59. The zero-order valence-corrected chi connectivity index (χ0v) is 15.3. The molecule has 1 aromatic heterocycles. The van der Waals surface area contributed by atoms with Gasteiger partial charge in [0.05, 0.1) is 19.3 Å². The van der Waals surface area contributed by atoms with E-state index in [2.05, 4.69) is 5.32 Å². The molecule has 1 amide bonds. The molecule has 0 saturated heterocycles. The third kappa shape index (κ3) is 6.40. The average Bonchev–Trinajstić information content (AvgIpc) is 3.14. The van der Waals surface area contributed by atoms with E-state index in [4.69, 9.17) is 9.47 Å². The van der Waals surface area contributed by atoms with Crippen LogP contribution in [0.25, 0.3) is 0 Å². The molecule has 136 valence electrons. The van der Waals surface area contributed by atoms with Crippen molar-refractivity contribution in [3.05, 3.63) is 46.7 Å². The standard InChI is InChI=1S/C19H25NO4S/c1-2-23-16-7-3-4-8-17(16)24-13-5-10-19(22)20-15(11-12-21)18-9-6-14-25-18/h3-4,6-9,14-15,21H,2,5,10-13H2,1H3,(H,20,22)/t15-/m1/s1. The summed E-state index contributed by atoms with van der Waals surface area (Å²) >= 11 is 1.58. The van der Waals surface area contributed by atoms with Crippen molar-refractivity contribution >= 4 is 17.2 Å². The van der Waals surface area contributed by atoms with Gasteiger partial charge in [-0.1, -0.05) is 18.2 Å². The molecular formula is C19H25NO4S. The minimum Gasteiger partial charge on any atom is -0.490 e. The van der Waals surface area contributed by atoms with Crippen molar-refractivity contribution in [1.82, 2.24) is 5.32 Å². The second kappa shape index (κ2) is 10.7. The molecule has 0 bridgehead atoms. The number of benzene rings is 1. The maximum absolute atomic E-state index is 12.1. The van der Waals surface area contributed by atoms with Crippen LogP contribution in [-0.2, 0) is 4.79 Å². The molecule has 2 aromatic rings. The molecule has 0 aliphatic carbocycles. The van der Waals surface area contributed by atoms with Gasteiger partial charge in [0.1, 0.15) is 0 Å². The van der Waals surface area contributed by atoms with Crippen molar-refractivity contribution in [2.75, 3.05) is 19.8 Å². The third-order valence-corrected chi connectivity index (χ3v) is 4.58. The molecule has 6 heteroatoms. The van der Waals surface area contributed by atoms with Crippen molar-refractivity contribution in [2.24, 2.45) is 0 Å². The summed E-state index contributed by atoms with van der Waals surface area (Å²) < 4.78 is 11.2. The van der Waals surface area contributed by atoms with E-state index in [-0.39, 0.29) is 18.6 Å². The SMILES string of the molecule is CCOc1ccccc1OCCCC(=O)N[C@H](CCO)c1cccs1. The zero-order chi connectivity index (χ0) is 17.9. The van der Waals surface area contributed by atoms with Crippen molar-refractivity contribution < 1.29 is 19.4 Å². The minimum absolute atomic E-state index is 0.0338. The number of aliphatic hydroxyl groups excluding tert-OH is 1. The van der Waals surface area contributed by atoms with E-state index in [9.17, 15) is 9.90 Å². The molecule has 1 aromatic carbocycles. The molecule has 2 rings (SSSR count). The molecule has 0 radical (unpaired) electrons. The van der Waals surface area contributed by atoms with Gasteiger partial charge in [-0.25, -0.2) is 0 Å². The number of nitrogens with one attached hydrogen (secondary N) is 1. The Kier molecular flexibility index (Phi) is 8.28. The lowest BCUT2D eigenvalue weighted by Gasteiger charge is -2.16. The van der Waals surface area contributed by atoms with Crippen LogP contribution in [-0.4, -0.2) is 30.8 Å². The van der Waals surface area contributed by atoms with E-state index < -0.39 is 0 Å². The summed E-state index contributed by atoms with van der Waals surface area (Å²) in [6.07, 6.45) is 1.51. The van der Waals surface area contributed by atoms with Crippen molar-refractivity contribution in [1.29, 1.82) is 0 Å². The Morgan fingerprint density at radius 1 is 1.20 bits per heavy atom. The lowest BCUT2D eigenvalue weighted by Crippen LogP contribution is -2.28. The van der Waals surface area contributed by atoms with E-state index >= 15 is 0 Å². The van der Waals surface area contributed by atoms with Gasteiger partial charge < -0.3 is 19.9 Å². The summed E-state index contributed by atoms with van der Waals surface area (Å²) in [5.41, 5.74) is 0. The molecule has 0 spiro atoms. The highest BCUT2D eigenvalue weighted by atomic mass is 32.1. The number of para-hydroxylation sites is 2. The average molecular weight is 363 g/mol. The predicted octanol–water partition coefficient (Wildman–Crippen LogP) is 3.55. The molecule has 0 aliphatic heterocycles. The summed E-state index contributed by atoms with van der Waals surface area (Å²) in [7, 11) is 0. The summed E-state index contributed by atoms with van der Waals surface area (Å²) in [6.45, 7) is 3.00. The molecule has 0 unspecified atom stereocenters. The quantitative estimate of drug-likeness (QED) is 0.599. The molecular weight excluding hydrogens is 338 g/mol. The fourth-order valence-electron chi connectivity index (χ4n) is 2.43. The lowest BCUT2D eigenvalue weighted by molar-refractivity contribution is -0.122. The molecule has 0 aliphatic rings. The van der Waals surface area contributed by atoms with Crippen molar-refractivity contribution in [3.8, 4) is 11.5 Å². The Hall–Kier alpha value is -2.05. The largest absolute Gasteiger partial charge is 0.490 e. The fraction of sp³-hybridized carbons (Fsp3) is 0.421. The van der Waals surface area contributed by atoms with Crippen LogP contribution >= 0.6 is 11.3 Å². The highest BCUT2D eigenvalue weighted by molar-refractivity contribution is 7.10. The van der Waals surface area contributed by atoms with Crippen LogP contribution in [0.3, 0.4) is 0 Å². The van der Waals surface area contributed by atoms with Crippen LogP contribution in [0.1, 0.15) is 37.1 Å². The van der Waals surface area contributed by atoms with Gasteiger partial charge in [0.25, 0.3) is 0 Å². The highest BCUT2D eigenvalue weighted by Gasteiger charge is 2.15. The molecule has 1 atom stereocenters. The molecule has 0 fully saturated rings. The molecule has 5 nitrogen and oxygen atoms in total. The van der Waals surface area contributed by atoms with Crippen LogP contribution in [0.4, 0.5) is 0 Å². The van der Waals surface area contributed by atoms with E-state index in [1.165, 1.54) is 0 Å². The van der Waals surface area contributed by atoms with Crippen molar-refractivity contribution in [2.45, 2.75) is 32.2 Å². The Morgan fingerprint density at radius 2 is 1.96 bits per heavy atom. The number of carbonyl (C=O) groups excluding carboxylic acids is 1. The fourth-order valence-corrected chi connectivity index (χ4v) is 3.24. The van der Waals surface area contributed by atoms with Gasteiger partial charge in [0.2, 0.25) is 5.91 Å². The summed E-state index contributed by atoms with van der Waals surface area (Å²) in [6, 6.07) is 11.3. The zero-order valence-electron chi connectivity index (χ0n) is 14.4. The maximum atomic E-state index is 12.1. The smallest absolute Gasteiger partial charge is 0.220 e. The minimum atomic E-state index is -0.128. The topological polar surface area (TPSA) is 67.8 Å². The second-order valence-electron chi connectivity index (χ2n) is 5.48. The highest BCUT2D eigenvalue weighted by Crippen LogP contribution is 2.26. The van der Waals surface area contributed by atoms with Crippen LogP contribution in [0, 0.1) is 0 Å². The maximum Gasteiger partial charge on any atom is 0.220 e. The Bertz CT molecular complexity index is 630. The molecule has 25 heavy (non-hydrogen) atoms.